The minimum Gasteiger partial charge on any atom is -0.350 e. The van der Waals surface area contributed by atoms with Gasteiger partial charge >= 0.3 is 5.69 Å². The molecule has 7 nitrogen and oxygen atoms in total. The van der Waals surface area contributed by atoms with E-state index in [1.165, 1.54) is 25.1 Å². The number of nitriles is 1. The van der Waals surface area contributed by atoms with Gasteiger partial charge in [0.2, 0.25) is 5.82 Å². The molecule has 2 heterocycles. The molecule has 21 heavy (non-hydrogen) atoms. The topological polar surface area (TPSA) is 95.1 Å². The van der Waals surface area contributed by atoms with Crippen LogP contribution in [-0.2, 0) is 0 Å². The van der Waals surface area contributed by atoms with Gasteiger partial charge in [-0.25, -0.2) is 4.98 Å². The van der Waals surface area contributed by atoms with E-state index in [-0.39, 0.29) is 11.3 Å². The summed E-state index contributed by atoms with van der Waals surface area (Å²) in [6.07, 6.45) is 4.82. The Hall–Kier alpha value is -2.20. The maximum atomic E-state index is 11.2. The Labute approximate surface area is 123 Å². The minimum absolute atomic E-state index is 0.105. The van der Waals surface area contributed by atoms with Gasteiger partial charge in [-0.05, 0) is 26.3 Å². The molecule has 1 aromatic rings. The molecular weight excluding hydrogens is 270 g/mol. The van der Waals surface area contributed by atoms with E-state index in [0.717, 1.165) is 13.0 Å². The average molecular weight is 289 g/mol. The number of hydrogen-bond acceptors (Lipinski definition) is 6. The maximum Gasteiger partial charge on any atom is 0.312 e. The van der Waals surface area contributed by atoms with Gasteiger partial charge in [0.25, 0.3) is 0 Å². The van der Waals surface area contributed by atoms with E-state index in [4.69, 9.17) is 5.26 Å². The van der Waals surface area contributed by atoms with Crippen LogP contribution in [0.3, 0.4) is 0 Å². The van der Waals surface area contributed by atoms with Crippen LogP contribution in [0.15, 0.2) is 12.3 Å². The van der Waals surface area contributed by atoms with Gasteiger partial charge in [-0.3, -0.25) is 10.1 Å². The standard InChI is InChI=1S/C14H19N5O2/c1-2-18(10-12-5-3-4-6-16-12)14-13(19(20)21)7-11(8-15)9-17-14/h7,9,12,16H,2-6,10H2,1H3. The molecule has 0 aromatic carbocycles. The molecule has 1 aliphatic heterocycles. The van der Waals surface area contributed by atoms with Crippen LogP contribution in [0, 0.1) is 21.4 Å². The lowest BCUT2D eigenvalue weighted by Gasteiger charge is -2.30. The molecule has 0 aliphatic carbocycles. The first-order valence-corrected chi connectivity index (χ1v) is 7.18. The van der Waals surface area contributed by atoms with Crippen molar-refractivity contribution in [2.75, 3.05) is 24.5 Å². The Balaban J connectivity index is 2.24. The molecule has 1 saturated heterocycles. The highest BCUT2D eigenvalue weighted by Gasteiger charge is 2.24. The quantitative estimate of drug-likeness (QED) is 0.656. The zero-order valence-electron chi connectivity index (χ0n) is 12.1. The molecule has 1 unspecified atom stereocenters. The highest BCUT2D eigenvalue weighted by molar-refractivity contribution is 5.60. The monoisotopic (exact) mass is 289 g/mol. The third kappa shape index (κ3) is 3.67. The molecule has 2 rings (SSSR count). The highest BCUT2D eigenvalue weighted by atomic mass is 16.6. The van der Waals surface area contributed by atoms with Gasteiger partial charge < -0.3 is 10.2 Å². The predicted octanol–water partition coefficient (Wildman–Crippen LogP) is 1.83. The molecule has 112 valence electrons. The summed E-state index contributed by atoms with van der Waals surface area (Å²) >= 11 is 0. The fourth-order valence-corrected chi connectivity index (χ4v) is 2.60. The van der Waals surface area contributed by atoms with E-state index in [0.29, 0.717) is 24.9 Å². The smallest absolute Gasteiger partial charge is 0.312 e. The van der Waals surface area contributed by atoms with Crippen LogP contribution >= 0.6 is 0 Å². The number of nitro groups is 1. The van der Waals surface area contributed by atoms with Crippen molar-refractivity contribution in [1.29, 1.82) is 5.26 Å². The number of anilines is 1. The van der Waals surface area contributed by atoms with Gasteiger partial charge in [-0.15, -0.1) is 0 Å². The summed E-state index contributed by atoms with van der Waals surface area (Å²) in [7, 11) is 0. The van der Waals surface area contributed by atoms with E-state index in [9.17, 15) is 10.1 Å². The molecule has 1 aliphatic rings. The Morgan fingerprint density at radius 1 is 1.62 bits per heavy atom. The molecular formula is C14H19N5O2. The number of aromatic nitrogens is 1. The number of nitrogens with zero attached hydrogens (tertiary/aromatic N) is 4. The van der Waals surface area contributed by atoms with Gasteiger partial charge in [0.15, 0.2) is 0 Å². The summed E-state index contributed by atoms with van der Waals surface area (Å²) in [5.41, 5.74) is 0.101. The Bertz CT molecular complexity index is 549. The summed E-state index contributed by atoms with van der Waals surface area (Å²) < 4.78 is 0. The van der Waals surface area contributed by atoms with Crippen LogP contribution in [0.25, 0.3) is 0 Å². The second-order valence-corrected chi connectivity index (χ2v) is 5.12. The number of piperidine rings is 1. The molecule has 0 bridgehead atoms. The largest absolute Gasteiger partial charge is 0.350 e. The number of hydrogen-bond donors (Lipinski definition) is 1. The van der Waals surface area contributed by atoms with Gasteiger partial charge in [-0.2, -0.15) is 5.26 Å². The van der Waals surface area contributed by atoms with Crippen LogP contribution in [0.1, 0.15) is 31.7 Å². The fourth-order valence-electron chi connectivity index (χ4n) is 2.60. The van der Waals surface area contributed by atoms with Gasteiger partial charge in [0, 0.05) is 31.4 Å². The summed E-state index contributed by atoms with van der Waals surface area (Å²) in [5.74, 6) is 0.342. The van der Waals surface area contributed by atoms with E-state index in [1.807, 2.05) is 17.9 Å². The third-order valence-electron chi connectivity index (χ3n) is 3.71. The molecule has 1 N–H and O–H groups in total. The van der Waals surface area contributed by atoms with E-state index < -0.39 is 4.92 Å². The molecule has 7 heteroatoms. The van der Waals surface area contributed by atoms with Crippen LogP contribution in [0.2, 0.25) is 0 Å². The molecule has 0 saturated carbocycles. The molecule has 0 amide bonds. The zero-order chi connectivity index (χ0) is 15.2. The van der Waals surface area contributed by atoms with Crippen LogP contribution in [-0.4, -0.2) is 35.6 Å². The van der Waals surface area contributed by atoms with Gasteiger partial charge in [-0.1, -0.05) is 6.42 Å². The molecule has 1 aromatic heterocycles. The normalized spacial score (nSPS) is 18.0. The Morgan fingerprint density at radius 2 is 2.43 bits per heavy atom. The van der Waals surface area contributed by atoms with Gasteiger partial charge in [0.1, 0.15) is 6.07 Å². The highest BCUT2D eigenvalue weighted by Crippen LogP contribution is 2.27. The lowest BCUT2D eigenvalue weighted by atomic mass is 10.0. The van der Waals surface area contributed by atoms with Crippen molar-refractivity contribution in [1.82, 2.24) is 10.3 Å². The molecule has 0 spiro atoms. The molecule has 1 fully saturated rings. The van der Waals surface area contributed by atoms with Crippen molar-refractivity contribution in [3.05, 3.63) is 27.9 Å². The second kappa shape index (κ2) is 6.99. The maximum absolute atomic E-state index is 11.2. The lowest BCUT2D eigenvalue weighted by molar-refractivity contribution is -0.384. The minimum atomic E-state index is -0.472. The van der Waals surface area contributed by atoms with Crippen molar-refractivity contribution < 1.29 is 4.92 Å². The van der Waals surface area contributed by atoms with Crippen molar-refractivity contribution in [2.24, 2.45) is 0 Å². The van der Waals surface area contributed by atoms with Crippen molar-refractivity contribution in [3.8, 4) is 6.07 Å². The van der Waals surface area contributed by atoms with E-state index >= 15 is 0 Å². The van der Waals surface area contributed by atoms with Crippen molar-refractivity contribution in [3.63, 3.8) is 0 Å². The SMILES string of the molecule is CCN(CC1CCCCN1)c1ncc(C#N)cc1[N+](=O)[O-]. The number of pyridine rings is 1. The van der Waals surface area contributed by atoms with E-state index in [2.05, 4.69) is 10.3 Å². The molecule has 0 radical (unpaired) electrons. The van der Waals surface area contributed by atoms with Crippen LogP contribution in [0.5, 0.6) is 0 Å². The number of likely N-dealkylation sites (N-methyl/N-ethyl adjacent to an activating group) is 1. The summed E-state index contributed by atoms with van der Waals surface area (Å²) in [4.78, 5) is 16.8. The summed E-state index contributed by atoms with van der Waals surface area (Å²) in [6.45, 7) is 4.27. The lowest BCUT2D eigenvalue weighted by Crippen LogP contribution is -2.44. The van der Waals surface area contributed by atoms with Crippen LogP contribution < -0.4 is 10.2 Å². The number of rotatable bonds is 5. The van der Waals surface area contributed by atoms with Crippen molar-refractivity contribution in [2.45, 2.75) is 32.2 Å². The zero-order valence-corrected chi connectivity index (χ0v) is 12.1. The Kier molecular flexibility index (Phi) is 5.06. The third-order valence-corrected chi connectivity index (χ3v) is 3.71. The predicted molar refractivity (Wildman–Crippen MR) is 79.1 cm³/mol. The average Bonchev–Trinajstić information content (AvgIpc) is 2.53. The Morgan fingerprint density at radius 3 is 3.00 bits per heavy atom. The second-order valence-electron chi connectivity index (χ2n) is 5.12. The van der Waals surface area contributed by atoms with Gasteiger partial charge in [0.05, 0.1) is 10.5 Å². The fraction of sp³-hybridized carbons (Fsp3) is 0.571. The number of nitrogens with one attached hydrogen (secondary N) is 1. The molecule has 1 atom stereocenters. The van der Waals surface area contributed by atoms with E-state index in [1.54, 1.807) is 0 Å². The first-order valence-electron chi connectivity index (χ1n) is 7.18. The van der Waals surface area contributed by atoms with Crippen molar-refractivity contribution >= 4 is 11.5 Å². The first kappa shape index (κ1) is 15.2. The summed E-state index contributed by atoms with van der Waals surface area (Å²) in [6, 6.07) is 3.51. The summed E-state index contributed by atoms with van der Waals surface area (Å²) in [5, 5.41) is 23.5. The first-order chi connectivity index (χ1) is 10.2. The van der Waals surface area contributed by atoms with Crippen LogP contribution in [0.4, 0.5) is 11.5 Å².